The second-order valence-corrected chi connectivity index (χ2v) is 6.57. The van der Waals surface area contributed by atoms with Gasteiger partial charge in [0.05, 0.1) is 6.20 Å². The first kappa shape index (κ1) is 15.8. The van der Waals surface area contributed by atoms with Gasteiger partial charge in [-0.3, -0.25) is 14.6 Å². The Bertz CT molecular complexity index is 563. The summed E-state index contributed by atoms with van der Waals surface area (Å²) in [5.41, 5.74) is 0. The number of fused-ring (bicyclic) bond motifs is 1. The molecule has 124 valence electrons. The molecule has 6 heteroatoms. The number of hydrogen-bond acceptors (Lipinski definition) is 4. The molecule has 2 heterocycles. The fraction of sp³-hybridized carbons (Fsp3) is 0.588. The van der Waals surface area contributed by atoms with Crippen LogP contribution < -0.4 is 15.4 Å². The van der Waals surface area contributed by atoms with E-state index in [0.29, 0.717) is 24.0 Å². The van der Waals surface area contributed by atoms with Crippen LogP contribution in [0.4, 0.5) is 0 Å². The normalized spacial score (nSPS) is 30.0. The number of carbonyl (C=O) groups is 2. The number of hydrogen-bond donors (Lipinski definition) is 2. The van der Waals surface area contributed by atoms with Crippen molar-refractivity contribution in [2.75, 3.05) is 6.61 Å². The van der Waals surface area contributed by atoms with Gasteiger partial charge in [-0.15, -0.1) is 0 Å². The molecule has 2 amide bonds. The zero-order chi connectivity index (χ0) is 16.2. The van der Waals surface area contributed by atoms with E-state index in [1.54, 1.807) is 24.5 Å². The van der Waals surface area contributed by atoms with E-state index >= 15 is 0 Å². The van der Waals surface area contributed by atoms with Crippen LogP contribution in [-0.2, 0) is 9.59 Å². The third kappa shape index (κ3) is 4.00. The average Bonchev–Trinajstić information content (AvgIpc) is 2.53. The quantitative estimate of drug-likeness (QED) is 0.876. The summed E-state index contributed by atoms with van der Waals surface area (Å²) in [4.78, 5) is 27.7. The zero-order valence-corrected chi connectivity index (χ0v) is 13.3. The zero-order valence-electron chi connectivity index (χ0n) is 13.3. The van der Waals surface area contributed by atoms with Crippen molar-refractivity contribution in [3.63, 3.8) is 0 Å². The van der Waals surface area contributed by atoms with Gasteiger partial charge in [-0.2, -0.15) is 0 Å². The number of pyridine rings is 1. The monoisotopic (exact) mass is 317 g/mol. The molecule has 0 bridgehead atoms. The Morgan fingerprint density at radius 1 is 1.48 bits per heavy atom. The van der Waals surface area contributed by atoms with Gasteiger partial charge in [0.2, 0.25) is 5.91 Å². The molecule has 1 saturated carbocycles. The molecule has 4 atom stereocenters. The fourth-order valence-electron chi connectivity index (χ4n) is 3.73. The van der Waals surface area contributed by atoms with Gasteiger partial charge in [0.15, 0.2) is 6.61 Å². The van der Waals surface area contributed by atoms with Crippen LogP contribution in [0.2, 0.25) is 0 Å². The molecule has 0 aromatic carbocycles. The van der Waals surface area contributed by atoms with Crippen molar-refractivity contribution in [2.24, 2.45) is 11.8 Å². The van der Waals surface area contributed by atoms with Crippen LogP contribution in [0.3, 0.4) is 0 Å². The minimum Gasteiger partial charge on any atom is -0.482 e. The smallest absolute Gasteiger partial charge is 0.258 e. The Labute approximate surface area is 136 Å². The van der Waals surface area contributed by atoms with E-state index in [9.17, 15) is 9.59 Å². The van der Waals surface area contributed by atoms with Crippen LogP contribution in [0.1, 0.15) is 32.6 Å². The number of amides is 2. The molecule has 1 aromatic heterocycles. The summed E-state index contributed by atoms with van der Waals surface area (Å²) >= 11 is 0. The molecular weight excluding hydrogens is 294 g/mol. The van der Waals surface area contributed by atoms with Crippen molar-refractivity contribution in [2.45, 2.75) is 44.7 Å². The first-order chi connectivity index (χ1) is 11.1. The van der Waals surface area contributed by atoms with Crippen LogP contribution in [0.5, 0.6) is 5.75 Å². The minimum absolute atomic E-state index is 0.0148. The molecule has 1 aromatic rings. The Balaban J connectivity index is 1.47. The van der Waals surface area contributed by atoms with Crippen LogP contribution in [-0.4, -0.2) is 35.5 Å². The van der Waals surface area contributed by atoms with E-state index in [1.807, 2.05) is 0 Å². The third-order valence-corrected chi connectivity index (χ3v) is 4.86. The third-order valence-electron chi connectivity index (χ3n) is 4.86. The van der Waals surface area contributed by atoms with Gasteiger partial charge < -0.3 is 15.4 Å². The highest BCUT2D eigenvalue weighted by atomic mass is 16.5. The van der Waals surface area contributed by atoms with Gasteiger partial charge in [0.1, 0.15) is 5.75 Å². The maximum absolute atomic E-state index is 12.0. The molecule has 2 N–H and O–H groups in total. The number of piperidine rings is 1. The fourth-order valence-corrected chi connectivity index (χ4v) is 3.73. The first-order valence-corrected chi connectivity index (χ1v) is 8.23. The highest BCUT2D eigenvalue weighted by Crippen LogP contribution is 2.35. The van der Waals surface area contributed by atoms with Gasteiger partial charge >= 0.3 is 0 Å². The van der Waals surface area contributed by atoms with Gasteiger partial charge in [0, 0.05) is 24.7 Å². The van der Waals surface area contributed by atoms with Gasteiger partial charge in [0.25, 0.3) is 5.91 Å². The average molecular weight is 317 g/mol. The minimum atomic E-state index is -0.132. The molecule has 1 aliphatic carbocycles. The summed E-state index contributed by atoms with van der Waals surface area (Å²) in [7, 11) is 0. The molecule has 0 spiro atoms. The topological polar surface area (TPSA) is 80.3 Å². The van der Waals surface area contributed by atoms with Crippen molar-refractivity contribution < 1.29 is 14.3 Å². The van der Waals surface area contributed by atoms with Crippen molar-refractivity contribution in [3.05, 3.63) is 24.5 Å². The van der Waals surface area contributed by atoms with Crippen molar-refractivity contribution in [1.29, 1.82) is 0 Å². The van der Waals surface area contributed by atoms with Crippen LogP contribution in [0, 0.1) is 11.8 Å². The summed E-state index contributed by atoms with van der Waals surface area (Å²) in [6, 6.07) is 3.82. The summed E-state index contributed by atoms with van der Waals surface area (Å²) in [5, 5.41) is 6.10. The lowest BCUT2D eigenvalue weighted by atomic mass is 9.72. The maximum Gasteiger partial charge on any atom is 0.258 e. The van der Waals surface area contributed by atoms with Crippen LogP contribution in [0.25, 0.3) is 0 Å². The highest BCUT2D eigenvalue weighted by Gasteiger charge is 2.38. The predicted octanol–water partition coefficient (Wildman–Crippen LogP) is 1.27. The van der Waals surface area contributed by atoms with Gasteiger partial charge in [-0.05, 0) is 43.2 Å². The number of ether oxygens (including phenoxy) is 1. The van der Waals surface area contributed by atoms with E-state index in [2.05, 4.69) is 22.5 Å². The van der Waals surface area contributed by atoms with Crippen molar-refractivity contribution in [1.82, 2.24) is 15.6 Å². The molecule has 1 aliphatic heterocycles. The molecule has 1 saturated heterocycles. The molecule has 2 aliphatic rings. The van der Waals surface area contributed by atoms with E-state index in [-0.39, 0.29) is 30.5 Å². The van der Waals surface area contributed by atoms with E-state index in [4.69, 9.17) is 4.74 Å². The summed E-state index contributed by atoms with van der Waals surface area (Å²) in [5.74, 6) is 1.55. The molecule has 2 fully saturated rings. The number of nitrogens with zero attached hydrogens (tertiary/aromatic N) is 1. The van der Waals surface area contributed by atoms with E-state index in [1.165, 1.54) is 0 Å². The molecule has 6 nitrogen and oxygen atoms in total. The van der Waals surface area contributed by atoms with Crippen LogP contribution >= 0.6 is 0 Å². The summed E-state index contributed by atoms with van der Waals surface area (Å²) in [6.07, 6.45) is 6.67. The van der Waals surface area contributed by atoms with Crippen LogP contribution in [0.15, 0.2) is 24.5 Å². The number of nitrogens with one attached hydrogen (secondary N) is 2. The van der Waals surface area contributed by atoms with Crippen molar-refractivity contribution in [3.8, 4) is 5.75 Å². The second kappa shape index (κ2) is 6.98. The lowest BCUT2D eigenvalue weighted by Crippen LogP contribution is -2.55. The summed E-state index contributed by atoms with van der Waals surface area (Å²) in [6.45, 7) is 2.14. The summed E-state index contributed by atoms with van der Waals surface area (Å²) < 4.78 is 5.41. The lowest BCUT2D eigenvalue weighted by Gasteiger charge is -2.43. The molecule has 23 heavy (non-hydrogen) atoms. The maximum atomic E-state index is 12.0. The Hall–Kier alpha value is -2.11. The predicted molar refractivity (Wildman–Crippen MR) is 84.7 cm³/mol. The number of rotatable bonds is 4. The standard InChI is InChI=1S/C17H23N3O3/c1-11-7-16(21)20-15-8-12(4-5-14(11)15)19-17(22)10-23-13-3-2-6-18-9-13/h2-3,6,9,11-12,14-15H,4-5,7-8,10H2,1H3,(H,19,22)(H,20,21). The van der Waals surface area contributed by atoms with Gasteiger partial charge in [-0.25, -0.2) is 0 Å². The van der Waals surface area contributed by atoms with Crippen molar-refractivity contribution >= 4 is 11.8 Å². The Morgan fingerprint density at radius 2 is 2.35 bits per heavy atom. The van der Waals surface area contributed by atoms with E-state index in [0.717, 1.165) is 19.3 Å². The largest absolute Gasteiger partial charge is 0.482 e. The molecule has 3 rings (SSSR count). The first-order valence-electron chi connectivity index (χ1n) is 8.23. The lowest BCUT2D eigenvalue weighted by molar-refractivity contribution is -0.127. The number of aromatic nitrogens is 1. The Morgan fingerprint density at radius 3 is 3.13 bits per heavy atom. The van der Waals surface area contributed by atoms with E-state index < -0.39 is 0 Å². The SMILES string of the molecule is CC1CC(=O)NC2CC(NC(=O)COc3cccnc3)CCC12. The highest BCUT2D eigenvalue weighted by molar-refractivity contribution is 5.78. The second-order valence-electron chi connectivity index (χ2n) is 6.57. The molecular formula is C17H23N3O3. The Kier molecular flexibility index (Phi) is 4.79. The molecule has 0 radical (unpaired) electrons. The molecule has 4 unspecified atom stereocenters. The van der Waals surface area contributed by atoms with Gasteiger partial charge in [-0.1, -0.05) is 6.92 Å². The number of carbonyl (C=O) groups excluding carboxylic acids is 2.